The van der Waals surface area contributed by atoms with Gasteiger partial charge in [-0.15, -0.1) is 0 Å². The Morgan fingerprint density at radius 3 is 2.79 bits per heavy atom. The fourth-order valence-electron chi connectivity index (χ4n) is 1.81. The highest BCUT2D eigenvalue weighted by molar-refractivity contribution is 7.84. The summed E-state index contributed by atoms with van der Waals surface area (Å²) in [6.45, 7) is 0.347. The highest BCUT2D eigenvalue weighted by Gasteiger charge is 2.12. The lowest BCUT2D eigenvalue weighted by molar-refractivity contribution is 0.404. The standard InChI is InChI=1S/C14H16N2O2S/c1-18-13-6-2-3-7-14(13)19(17)10-11-5-4-8-16-12(11)9-15/h2-8H,9-10,15H2,1H3. The van der Waals surface area contributed by atoms with Crippen molar-refractivity contribution in [1.82, 2.24) is 4.98 Å². The molecule has 1 unspecified atom stereocenters. The molecule has 0 fully saturated rings. The largest absolute Gasteiger partial charge is 0.495 e. The molecule has 1 heterocycles. The number of ether oxygens (including phenoxy) is 1. The van der Waals surface area contributed by atoms with Gasteiger partial charge >= 0.3 is 0 Å². The molecule has 0 saturated heterocycles. The van der Waals surface area contributed by atoms with Crippen molar-refractivity contribution in [2.75, 3.05) is 7.11 Å². The van der Waals surface area contributed by atoms with Crippen molar-refractivity contribution in [3.8, 4) is 5.75 Å². The number of benzene rings is 1. The van der Waals surface area contributed by atoms with Crippen LogP contribution in [0.25, 0.3) is 0 Å². The number of rotatable bonds is 5. The molecule has 1 aromatic carbocycles. The summed E-state index contributed by atoms with van der Waals surface area (Å²) in [5, 5.41) is 0. The van der Waals surface area contributed by atoms with E-state index in [1.165, 1.54) is 0 Å². The number of aromatic nitrogens is 1. The Kier molecular flexibility index (Phi) is 4.65. The molecule has 0 aliphatic rings. The van der Waals surface area contributed by atoms with Gasteiger partial charge in [-0.05, 0) is 23.8 Å². The smallest absolute Gasteiger partial charge is 0.134 e. The fraction of sp³-hybridized carbons (Fsp3) is 0.214. The number of methoxy groups -OCH3 is 1. The van der Waals surface area contributed by atoms with E-state index in [4.69, 9.17) is 10.5 Å². The third kappa shape index (κ3) is 3.19. The maximum atomic E-state index is 12.4. The van der Waals surface area contributed by atoms with E-state index < -0.39 is 10.8 Å². The third-order valence-corrected chi connectivity index (χ3v) is 4.18. The molecular formula is C14H16N2O2S. The first-order valence-corrected chi connectivity index (χ1v) is 7.22. The van der Waals surface area contributed by atoms with Crippen LogP contribution in [0.1, 0.15) is 11.3 Å². The zero-order valence-corrected chi connectivity index (χ0v) is 11.5. The van der Waals surface area contributed by atoms with Crippen molar-refractivity contribution < 1.29 is 8.95 Å². The van der Waals surface area contributed by atoms with Crippen LogP contribution in [0.2, 0.25) is 0 Å². The van der Waals surface area contributed by atoms with Crippen LogP contribution >= 0.6 is 0 Å². The van der Waals surface area contributed by atoms with Crippen LogP contribution in [-0.4, -0.2) is 16.3 Å². The highest BCUT2D eigenvalue weighted by Crippen LogP contribution is 2.23. The van der Waals surface area contributed by atoms with Gasteiger partial charge in [0, 0.05) is 12.7 Å². The van der Waals surface area contributed by atoms with Crippen LogP contribution in [0.15, 0.2) is 47.5 Å². The molecule has 19 heavy (non-hydrogen) atoms. The monoisotopic (exact) mass is 276 g/mol. The summed E-state index contributed by atoms with van der Waals surface area (Å²) in [4.78, 5) is 4.89. The topological polar surface area (TPSA) is 65.2 Å². The number of pyridine rings is 1. The Balaban J connectivity index is 2.26. The normalized spacial score (nSPS) is 12.1. The van der Waals surface area contributed by atoms with Gasteiger partial charge in [0.05, 0.1) is 34.3 Å². The summed E-state index contributed by atoms with van der Waals surface area (Å²) < 4.78 is 17.7. The first-order valence-electron chi connectivity index (χ1n) is 5.90. The summed E-state index contributed by atoms with van der Waals surface area (Å²) in [5.41, 5.74) is 7.33. The van der Waals surface area contributed by atoms with Gasteiger partial charge in [-0.3, -0.25) is 9.19 Å². The van der Waals surface area contributed by atoms with E-state index >= 15 is 0 Å². The van der Waals surface area contributed by atoms with Crippen molar-refractivity contribution in [3.63, 3.8) is 0 Å². The lowest BCUT2D eigenvalue weighted by atomic mass is 10.2. The predicted octanol–water partition coefficient (Wildman–Crippen LogP) is 1.86. The fourth-order valence-corrected chi connectivity index (χ4v) is 3.12. The number of hydrogen-bond donors (Lipinski definition) is 1. The molecule has 0 aliphatic heterocycles. The van der Waals surface area contributed by atoms with E-state index in [1.54, 1.807) is 19.4 Å². The first-order chi connectivity index (χ1) is 9.26. The molecule has 0 spiro atoms. The average Bonchev–Trinajstić information content (AvgIpc) is 2.47. The second-order valence-electron chi connectivity index (χ2n) is 3.95. The van der Waals surface area contributed by atoms with E-state index in [0.717, 1.165) is 11.3 Å². The number of hydrogen-bond acceptors (Lipinski definition) is 4. The summed E-state index contributed by atoms with van der Waals surface area (Å²) in [7, 11) is 0.397. The first kappa shape index (κ1) is 13.7. The van der Waals surface area contributed by atoms with E-state index in [9.17, 15) is 4.21 Å². The Morgan fingerprint density at radius 2 is 2.05 bits per heavy atom. The second-order valence-corrected chi connectivity index (χ2v) is 5.37. The van der Waals surface area contributed by atoms with Crippen LogP contribution in [0, 0.1) is 0 Å². The number of nitrogens with two attached hydrogens (primary N) is 1. The molecule has 2 rings (SSSR count). The minimum absolute atomic E-state index is 0.347. The molecule has 5 heteroatoms. The quantitative estimate of drug-likeness (QED) is 0.905. The summed E-state index contributed by atoms with van der Waals surface area (Å²) >= 11 is 0. The second kappa shape index (κ2) is 6.45. The molecule has 1 aromatic heterocycles. The molecular weight excluding hydrogens is 260 g/mol. The van der Waals surface area contributed by atoms with Gasteiger partial charge in [0.15, 0.2) is 0 Å². The number of para-hydroxylation sites is 1. The lowest BCUT2D eigenvalue weighted by Gasteiger charge is -2.09. The highest BCUT2D eigenvalue weighted by atomic mass is 32.2. The molecule has 100 valence electrons. The predicted molar refractivity (Wildman–Crippen MR) is 75.2 cm³/mol. The van der Waals surface area contributed by atoms with Crippen LogP contribution < -0.4 is 10.5 Å². The Labute approximate surface area is 115 Å². The molecule has 2 aromatic rings. The van der Waals surface area contributed by atoms with Crippen molar-refractivity contribution in [2.45, 2.75) is 17.2 Å². The maximum absolute atomic E-state index is 12.4. The zero-order valence-electron chi connectivity index (χ0n) is 10.7. The summed E-state index contributed by atoms with van der Waals surface area (Å²) in [5.74, 6) is 1.03. The molecule has 2 N–H and O–H groups in total. The lowest BCUT2D eigenvalue weighted by Crippen LogP contribution is -2.07. The maximum Gasteiger partial charge on any atom is 0.134 e. The Morgan fingerprint density at radius 1 is 1.26 bits per heavy atom. The molecule has 4 nitrogen and oxygen atoms in total. The van der Waals surface area contributed by atoms with Gasteiger partial charge in [-0.2, -0.15) is 0 Å². The average molecular weight is 276 g/mol. The van der Waals surface area contributed by atoms with Crippen LogP contribution in [0.4, 0.5) is 0 Å². The Hall–Kier alpha value is -1.72. The van der Waals surface area contributed by atoms with Crippen LogP contribution in [0.5, 0.6) is 5.75 Å². The van der Waals surface area contributed by atoms with E-state index in [-0.39, 0.29) is 0 Å². The van der Waals surface area contributed by atoms with Crippen LogP contribution in [-0.2, 0) is 23.1 Å². The van der Waals surface area contributed by atoms with Gasteiger partial charge in [-0.25, -0.2) is 0 Å². The molecule has 0 saturated carbocycles. The third-order valence-electron chi connectivity index (χ3n) is 2.78. The molecule has 0 aliphatic carbocycles. The zero-order chi connectivity index (χ0) is 13.7. The molecule has 0 radical (unpaired) electrons. The van der Waals surface area contributed by atoms with Gasteiger partial charge in [0.1, 0.15) is 5.75 Å². The van der Waals surface area contributed by atoms with Crippen molar-refractivity contribution in [3.05, 3.63) is 53.9 Å². The molecule has 1 atom stereocenters. The van der Waals surface area contributed by atoms with Gasteiger partial charge < -0.3 is 10.5 Å². The van der Waals surface area contributed by atoms with E-state index in [2.05, 4.69) is 4.98 Å². The minimum Gasteiger partial charge on any atom is -0.495 e. The molecule has 0 amide bonds. The van der Waals surface area contributed by atoms with Gasteiger partial charge in [0.25, 0.3) is 0 Å². The minimum atomic E-state index is -1.18. The van der Waals surface area contributed by atoms with Crippen LogP contribution in [0.3, 0.4) is 0 Å². The van der Waals surface area contributed by atoms with Crippen molar-refractivity contribution in [2.24, 2.45) is 5.73 Å². The Bertz CT molecular complexity index is 587. The van der Waals surface area contributed by atoms with Gasteiger partial charge in [0.2, 0.25) is 0 Å². The van der Waals surface area contributed by atoms with Crippen molar-refractivity contribution in [1.29, 1.82) is 0 Å². The molecule has 0 bridgehead atoms. The van der Waals surface area contributed by atoms with E-state index in [1.807, 2.05) is 30.3 Å². The number of nitrogens with zero attached hydrogens (tertiary/aromatic N) is 1. The summed E-state index contributed by atoms with van der Waals surface area (Å²) in [6, 6.07) is 11.1. The van der Waals surface area contributed by atoms with Gasteiger partial charge in [-0.1, -0.05) is 18.2 Å². The SMILES string of the molecule is COc1ccccc1S(=O)Cc1cccnc1CN. The van der Waals surface area contributed by atoms with E-state index in [0.29, 0.717) is 22.9 Å². The summed E-state index contributed by atoms with van der Waals surface area (Å²) in [6.07, 6.45) is 1.69. The van der Waals surface area contributed by atoms with Crippen molar-refractivity contribution >= 4 is 10.8 Å².